The molecule has 8 heavy (non-hydrogen) atoms. The Bertz CT molecular complexity index is 101. The van der Waals surface area contributed by atoms with E-state index in [1.54, 1.807) is 13.8 Å². The minimum absolute atomic E-state index is 0.0507. The van der Waals surface area contributed by atoms with Crippen LogP contribution in [0.5, 0.6) is 0 Å². The van der Waals surface area contributed by atoms with Gasteiger partial charge in [0.1, 0.15) is 0 Å². The maximum Gasteiger partial charge on any atom is 0.325 e. The Morgan fingerprint density at radius 1 is 1.62 bits per heavy atom. The molecule has 0 fully saturated rings. The van der Waals surface area contributed by atoms with E-state index in [1.165, 1.54) is 0 Å². The maximum atomic E-state index is 9.95. The predicted molar refractivity (Wildman–Crippen MR) is 27.7 cm³/mol. The highest BCUT2D eigenvalue weighted by molar-refractivity contribution is 4.36. The number of hydrazine groups is 1. The number of rotatable bonds is 3. The lowest BCUT2D eigenvalue weighted by Gasteiger charge is -1.90. The van der Waals surface area contributed by atoms with Crippen LogP contribution in [0, 0.1) is 9.81 Å². The van der Waals surface area contributed by atoms with E-state index in [2.05, 4.69) is 5.43 Å². The summed E-state index contributed by atoms with van der Waals surface area (Å²) in [6, 6.07) is -0.0507. The van der Waals surface area contributed by atoms with Gasteiger partial charge in [0, 0.05) is 0 Å². The van der Waals surface area contributed by atoms with Crippen molar-refractivity contribution in [3.63, 3.8) is 0 Å². The molecule has 5 heteroatoms. The molecular weight excluding hydrogens is 110 g/mol. The average Bonchev–Trinajstić information content (AvgIpc) is 1.65. The third kappa shape index (κ3) is 3.20. The van der Waals surface area contributed by atoms with Gasteiger partial charge in [0.15, 0.2) is 0 Å². The molecule has 0 aliphatic rings. The molecule has 0 unspecified atom stereocenters. The highest BCUT2D eigenvalue weighted by Gasteiger charge is 2.07. The topological polar surface area (TPSA) is 61.5 Å². The summed E-state index contributed by atoms with van der Waals surface area (Å²) in [4.78, 5) is 19.2. The van der Waals surface area contributed by atoms with E-state index >= 15 is 0 Å². The zero-order valence-electron chi connectivity index (χ0n) is 4.79. The molecule has 0 bridgehead atoms. The number of nitrogens with zero attached hydrogens (tertiary/aromatic N) is 2. The predicted octanol–water partition coefficient (Wildman–Crippen LogP) is 0.360. The van der Waals surface area contributed by atoms with Gasteiger partial charge in [0.2, 0.25) is 0 Å². The largest absolute Gasteiger partial charge is 0.325 e. The molecule has 1 N–H and O–H groups in total. The van der Waals surface area contributed by atoms with Crippen LogP contribution in [0.2, 0.25) is 0 Å². The van der Waals surface area contributed by atoms with Gasteiger partial charge in [0.05, 0.1) is 10.9 Å². The van der Waals surface area contributed by atoms with Gasteiger partial charge in [-0.2, -0.15) is 0 Å². The van der Waals surface area contributed by atoms with Crippen molar-refractivity contribution in [2.45, 2.75) is 19.9 Å². The smallest absolute Gasteiger partial charge is 0.115 e. The Morgan fingerprint density at radius 2 is 2.12 bits per heavy atom. The molecule has 46 valence electrons. The van der Waals surface area contributed by atoms with Crippen LogP contribution in [-0.4, -0.2) is 11.0 Å². The molecule has 0 saturated carbocycles. The molecule has 0 atom stereocenters. The normalized spacial score (nSPS) is 8.88. The Balaban J connectivity index is 3.39. The first-order valence-electron chi connectivity index (χ1n) is 2.23. The fourth-order valence-corrected chi connectivity index (χ4v) is 0.244. The Labute approximate surface area is 46.6 Å². The van der Waals surface area contributed by atoms with E-state index in [0.717, 1.165) is 0 Å². The van der Waals surface area contributed by atoms with Crippen LogP contribution in [0.15, 0.2) is 5.29 Å². The third-order valence-electron chi connectivity index (χ3n) is 0.443. The van der Waals surface area contributed by atoms with Gasteiger partial charge in [-0.25, -0.2) is 0 Å². The molecular formula is C3H8N3O2+. The summed E-state index contributed by atoms with van der Waals surface area (Å²) in [5.41, 5.74) is 2.19. The Kier molecular flexibility index (Phi) is 2.68. The Morgan fingerprint density at radius 3 is 2.25 bits per heavy atom. The molecule has 0 heterocycles. The second kappa shape index (κ2) is 3.06. The summed E-state index contributed by atoms with van der Waals surface area (Å²) in [5.74, 6) is 0. The summed E-state index contributed by atoms with van der Waals surface area (Å²) in [6.07, 6.45) is 0. The molecule has 0 aliphatic heterocycles. The molecule has 0 aromatic rings. The second-order valence-corrected chi connectivity index (χ2v) is 1.64. The van der Waals surface area contributed by atoms with Gasteiger partial charge in [-0.3, -0.25) is 0 Å². The number of hydrogen-bond donors (Lipinski definition) is 1. The molecule has 0 radical (unpaired) electrons. The third-order valence-corrected chi connectivity index (χ3v) is 0.443. The second-order valence-electron chi connectivity index (χ2n) is 1.64. The van der Waals surface area contributed by atoms with Crippen molar-refractivity contribution in [2.75, 3.05) is 0 Å². The number of hydrogen-bond acceptors (Lipinski definition) is 2. The summed E-state index contributed by atoms with van der Waals surface area (Å²) in [7, 11) is 0. The fourth-order valence-electron chi connectivity index (χ4n) is 0.244. The lowest BCUT2D eigenvalue weighted by atomic mass is 10.4. The van der Waals surface area contributed by atoms with E-state index in [-0.39, 0.29) is 11.0 Å². The van der Waals surface area contributed by atoms with E-state index in [4.69, 9.17) is 0 Å². The van der Waals surface area contributed by atoms with Crippen LogP contribution in [0.1, 0.15) is 13.8 Å². The Hall–Kier alpha value is -1.00. The van der Waals surface area contributed by atoms with Gasteiger partial charge in [-0.15, -0.1) is 5.43 Å². The molecule has 0 aromatic heterocycles. The van der Waals surface area contributed by atoms with Crippen molar-refractivity contribution in [1.29, 1.82) is 0 Å². The monoisotopic (exact) mass is 118 g/mol. The highest BCUT2D eigenvalue weighted by atomic mass is 16.4. The molecule has 0 spiro atoms. The van der Waals surface area contributed by atoms with Gasteiger partial charge in [0.25, 0.3) is 0 Å². The van der Waals surface area contributed by atoms with Crippen molar-refractivity contribution in [3.05, 3.63) is 9.81 Å². The van der Waals surface area contributed by atoms with Crippen LogP contribution in [0.25, 0.3) is 0 Å². The van der Waals surface area contributed by atoms with E-state index < -0.39 is 0 Å². The van der Waals surface area contributed by atoms with E-state index in [1.807, 2.05) is 5.29 Å². The fraction of sp³-hybridized carbons (Fsp3) is 1.00. The van der Waals surface area contributed by atoms with Crippen molar-refractivity contribution in [3.8, 4) is 0 Å². The number of nitrogens with one attached hydrogen (secondary N) is 1. The van der Waals surface area contributed by atoms with Gasteiger partial charge >= 0.3 is 10.3 Å². The van der Waals surface area contributed by atoms with Crippen LogP contribution >= 0.6 is 0 Å². The number of nitroso groups, excluding NO2 is 2. The maximum absolute atomic E-state index is 9.95. The quantitative estimate of drug-likeness (QED) is 0.330. The molecule has 0 amide bonds. The summed E-state index contributed by atoms with van der Waals surface area (Å²) in [6.45, 7) is 3.46. The lowest BCUT2D eigenvalue weighted by molar-refractivity contribution is -0.619. The lowest BCUT2D eigenvalue weighted by Crippen LogP contribution is -2.28. The van der Waals surface area contributed by atoms with Crippen LogP contribution in [0.3, 0.4) is 0 Å². The molecule has 0 rings (SSSR count). The first kappa shape index (κ1) is 7.00. The summed E-state index contributed by atoms with van der Waals surface area (Å²) in [5, 5.41) is 2.05. The first-order valence-corrected chi connectivity index (χ1v) is 2.23. The minimum Gasteiger partial charge on any atom is -0.115 e. The average molecular weight is 118 g/mol. The molecule has 0 aliphatic carbocycles. The summed E-state index contributed by atoms with van der Waals surface area (Å²) >= 11 is 0. The summed E-state index contributed by atoms with van der Waals surface area (Å²) < 4.78 is 0. The van der Waals surface area contributed by atoms with E-state index in [0.29, 0.717) is 0 Å². The van der Waals surface area contributed by atoms with Crippen LogP contribution in [-0.2, 0) is 0 Å². The zero-order chi connectivity index (χ0) is 6.57. The highest BCUT2D eigenvalue weighted by Crippen LogP contribution is 1.74. The van der Waals surface area contributed by atoms with Crippen molar-refractivity contribution < 1.29 is 4.98 Å². The van der Waals surface area contributed by atoms with E-state index in [9.17, 15) is 9.81 Å². The van der Waals surface area contributed by atoms with Gasteiger partial charge < -0.3 is 0 Å². The van der Waals surface area contributed by atoms with Gasteiger partial charge in [-0.05, 0) is 13.8 Å². The minimum atomic E-state index is -0.106. The van der Waals surface area contributed by atoms with Crippen molar-refractivity contribution in [1.82, 2.24) is 5.43 Å². The standard InChI is InChI=1S/C3H8N3O2/c1-3(2)4-6(8)5-7/h3H,1-2H3,(H,4,8)/q+1. The molecule has 5 nitrogen and oxygen atoms in total. The molecule has 0 aromatic carbocycles. The van der Waals surface area contributed by atoms with Crippen molar-refractivity contribution in [2.24, 2.45) is 5.29 Å². The zero-order valence-corrected chi connectivity index (χ0v) is 4.79. The van der Waals surface area contributed by atoms with Crippen LogP contribution in [0.4, 0.5) is 0 Å². The molecule has 0 saturated heterocycles. The SMILES string of the molecule is CC(C)N[N+](=O)N=O. The van der Waals surface area contributed by atoms with Crippen LogP contribution < -0.4 is 5.43 Å². The first-order chi connectivity index (χ1) is 3.66. The van der Waals surface area contributed by atoms with Gasteiger partial charge in [-0.1, -0.05) is 4.91 Å². The van der Waals surface area contributed by atoms with Crippen molar-refractivity contribution >= 4 is 0 Å².